The second kappa shape index (κ2) is 2.44. The Balaban J connectivity index is 2.72. The lowest BCUT2D eigenvalue weighted by molar-refractivity contribution is -0.127. The van der Waals surface area contributed by atoms with E-state index >= 15 is 0 Å². The molecule has 0 fully saturated rings. The molecule has 62 valence electrons. The van der Waals surface area contributed by atoms with Crippen molar-refractivity contribution in [1.29, 1.82) is 0 Å². The summed E-state index contributed by atoms with van der Waals surface area (Å²) in [6, 6.07) is 0. The number of H-pyrrole nitrogens is 1. The lowest BCUT2D eigenvalue weighted by Crippen LogP contribution is -2.12. The van der Waals surface area contributed by atoms with Crippen molar-refractivity contribution < 1.29 is 13.2 Å². The van der Waals surface area contributed by atoms with Gasteiger partial charge in [-0.2, -0.15) is 18.3 Å². The van der Waals surface area contributed by atoms with Gasteiger partial charge in [0.25, 0.3) is 0 Å². The van der Waals surface area contributed by atoms with E-state index < -0.39 is 12.6 Å². The van der Waals surface area contributed by atoms with Gasteiger partial charge in [-0.3, -0.25) is 5.10 Å². The highest BCUT2D eigenvalue weighted by molar-refractivity contribution is 5.40. The highest BCUT2D eigenvalue weighted by Gasteiger charge is 2.29. The predicted octanol–water partition coefficient (Wildman–Crippen LogP) is 1.10. The number of rotatable bonds is 1. The first-order valence-corrected chi connectivity index (χ1v) is 2.83. The van der Waals surface area contributed by atoms with Crippen LogP contribution >= 0.6 is 0 Å². The highest BCUT2D eigenvalue weighted by atomic mass is 19.4. The largest absolute Gasteiger partial charge is 0.396 e. The molecule has 0 aromatic carbocycles. The first-order valence-electron chi connectivity index (χ1n) is 2.83. The minimum Gasteiger partial charge on any atom is -0.396 e. The van der Waals surface area contributed by atoms with Gasteiger partial charge in [-0.25, -0.2) is 0 Å². The van der Waals surface area contributed by atoms with E-state index in [1.807, 2.05) is 0 Å². The second-order valence-corrected chi connectivity index (χ2v) is 2.10. The zero-order valence-corrected chi connectivity index (χ0v) is 5.44. The van der Waals surface area contributed by atoms with Crippen molar-refractivity contribution in [2.24, 2.45) is 0 Å². The maximum atomic E-state index is 11.7. The van der Waals surface area contributed by atoms with Crippen LogP contribution in [0.4, 0.5) is 18.9 Å². The number of nitrogen functional groups attached to an aromatic ring is 1. The van der Waals surface area contributed by atoms with Crippen LogP contribution in [0.2, 0.25) is 0 Å². The smallest absolute Gasteiger partial charge is 0.394 e. The Labute approximate surface area is 60.4 Å². The molecule has 0 spiro atoms. The van der Waals surface area contributed by atoms with Gasteiger partial charge < -0.3 is 5.73 Å². The van der Waals surface area contributed by atoms with Crippen LogP contribution in [0.1, 0.15) is 5.69 Å². The fourth-order valence-electron chi connectivity index (χ4n) is 0.664. The van der Waals surface area contributed by atoms with Crippen molar-refractivity contribution >= 4 is 5.69 Å². The van der Waals surface area contributed by atoms with Gasteiger partial charge in [-0.1, -0.05) is 0 Å². The molecule has 0 unspecified atom stereocenters. The Hall–Kier alpha value is -1.20. The number of anilines is 1. The van der Waals surface area contributed by atoms with Crippen molar-refractivity contribution in [3.05, 3.63) is 11.9 Å². The Morgan fingerprint density at radius 3 is 2.55 bits per heavy atom. The van der Waals surface area contributed by atoms with Gasteiger partial charge in [0.2, 0.25) is 0 Å². The van der Waals surface area contributed by atoms with Gasteiger partial charge in [0, 0.05) is 0 Å². The average Bonchev–Trinajstić information content (AvgIpc) is 2.12. The number of nitrogens with zero attached hydrogens (tertiary/aromatic N) is 1. The number of alkyl halides is 3. The predicted molar refractivity (Wildman–Crippen MR) is 32.8 cm³/mol. The summed E-state index contributed by atoms with van der Waals surface area (Å²) in [5.41, 5.74) is 5.11. The van der Waals surface area contributed by atoms with E-state index in [4.69, 9.17) is 5.73 Å². The van der Waals surface area contributed by atoms with Gasteiger partial charge in [-0.15, -0.1) is 0 Å². The first-order chi connectivity index (χ1) is 4.99. The van der Waals surface area contributed by atoms with Crippen LogP contribution in [0, 0.1) is 0 Å². The van der Waals surface area contributed by atoms with Crippen LogP contribution < -0.4 is 5.73 Å². The maximum Gasteiger partial charge on any atom is 0.394 e. The van der Waals surface area contributed by atoms with Crippen molar-refractivity contribution in [3.63, 3.8) is 0 Å². The summed E-state index contributed by atoms with van der Waals surface area (Å²) in [6.45, 7) is 0. The monoisotopic (exact) mass is 165 g/mol. The van der Waals surface area contributed by atoms with E-state index in [0.717, 1.165) is 6.20 Å². The van der Waals surface area contributed by atoms with Crippen LogP contribution in [0.3, 0.4) is 0 Å². The molecular formula is C5H6F3N3. The zero-order chi connectivity index (χ0) is 8.48. The van der Waals surface area contributed by atoms with E-state index in [9.17, 15) is 13.2 Å². The maximum absolute atomic E-state index is 11.7. The van der Waals surface area contributed by atoms with Crippen LogP contribution in [-0.4, -0.2) is 16.4 Å². The normalized spacial score (nSPS) is 11.9. The summed E-state index contributed by atoms with van der Waals surface area (Å²) in [5, 5.41) is 5.52. The van der Waals surface area contributed by atoms with Crippen molar-refractivity contribution in [3.8, 4) is 0 Å². The van der Waals surface area contributed by atoms with Crippen molar-refractivity contribution in [1.82, 2.24) is 10.2 Å². The van der Waals surface area contributed by atoms with E-state index in [0.29, 0.717) is 0 Å². The third-order valence-corrected chi connectivity index (χ3v) is 1.13. The van der Waals surface area contributed by atoms with E-state index in [1.165, 1.54) is 0 Å². The molecule has 0 aliphatic carbocycles. The molecule has 6 heteroatoms. The average molecular weight is 165 g/mol. The van der Waals surface area contributed by atoms with Crippen LogP contribution in [-0.2, 0) is 6.42 Å². The molecule has 1 aromatic heterocycles. The molecule has 1 rings (SSSR count). The summed E-state index contributed by atoms with van der Waals surface area (Å²) < 4.78 is 35.1. The van der Waals surface area contributed by atoms with Gasteiger partial charge in [0.1, 0.15) is 0 Å². The first kappa shape index (κ1) is 7.90. The molecular weight excluding hydrogens is 159 g/mol. The fraction of sp³-hybridized carbons (Fsp3) is 0.400. The second-order valence-electron chi connectivity index (χ2n) is 2.10. The molecule has 0 radical (unpaired) electrons. The molecule has 0 aliphatic heterocycles. The number of hydrogen-bond acceptors (Lipinski definition) is 2. The molecule has 0 bridgehead atoms. The van der Waals surface area contributed by atoms with Gasteiger partial charge in [-0.05, 0) is 0 Å². The summed E-state index contributed by atoms with van der Waals surface area (Å²) in [4.78, 5) is 0. The molecule has 3 nitrogen and oxygen atoms in total. The third kappa shape index (κ3) is 2.14. The number of aromatic nitrogens is 2. The van der Waals surface area contributed by atoms with Crippen LogP contribution in [0.5, 0.6) is 0 Å². The standard InChI is InChI=1S/C5H6F3N3/c6-5(7,8)1-4-3(9)2-10-11-4/h2H,1,9H2,(H,10,11). The minimum absolute atomic E-state index is 0.0438. The Morgan fingerprint density at radius 2 is 2.18 bits per heavy atom. The lowest BCUT2D eigenvalue weighted by Gasteiger charge is -2.03. The highest BCUT2D eigenvalue weighted by Crippen LogP contribution is 2.22. The van der Waals surface area contributed by atoms with E-state index in [2.05, 4.69) is 10.2 Å². The number of hydrogen-bond donors (Lipinski definition) is 2. The topological polar surface area (TPSA) is 54.7 Å². The number of nitrogens with two attached hydrogens (primary N) is 1. The van der Waals surface area contributed by atoms with Gasteiger partial charge in [0.15, 0.2) is 0 Å². The SMILES string of the molecule is Nc1cn[nH]c1CC(F)(F)F. The molecule has 0 saturated carbocycles. The number of nitrogens with one attached hydrogen (secondary N) is 1. The van der Waals surface area contributed by atoms with Gasteiger partial charge in [0.05, 0.1) is 24.0 Å². The van der Waals surface area contributed by atoms with Gasteiger partial charge >= 0.3 is 6.18 Å². The van der Waals surface area contributed by atoms with E-state index in [1.54, 1.807) is 0 Å². The minimum atomic E-state index is -4.24. The van der Waals surface area contributed by atoms with E-state index in [-0.39, 0.29) is 11.4 Å². The number of halogens is 3. The lowest BCUT2D eigenvalue weighted by atomic mass is 10.3. The van der Waals surface area contributed by atoms with Crippen molar-refractivity contribution in [2.75, 3.05) is 5.73 Å². The summed E-state index contributed by atoms with van der Waals surface area (Å²) in [5.74, 6) is 0. The quantitative estimate of drug-likeness (QED) is 0.654. The molecule has 11 heavy (non-hydrogen) atoms. The molecule has 0 saturated heterocycles. The Morgan fingerprint density at radius 1 is 1.55 bits per heavy atom. The molecule has 1 aromatic rings. The third-order valence-electron chi connectivity index (χ3n) is 1.13. The molecule has 0 amide bonds. The van der Waals surface area contributed by atoms with Crippen LogP contribution in [0.25, 0.3) is 0 Å². The Kier molecular flexibility index (Phi) is 1.76. The molecule has 0 aliphatic rings. The zero-order valence-electron chi connectivity index (χ0n) is 5.44. The fourth-order valence-corrected chi connectivity index (χ4v) is 0.664. The van der Waals surface area contributed by atoms with Crippen molar-refractivity contribution in [2.45, 2.75) is 12.6 Å². The summed E-state index contributed by atoms with van der Waals surface area (Å²) in [7, 11) is 0. The number of aromatic amines is 1. The molecule has 0 atom stereocenters. The van der Waals surface area contributed by atoms with Crippen LogP contribution in [0.15, 0.2) is 6.20 Å². The summed E-state index contributed by atoms with van der Waals surface area (Å²) >= 11 is 0. The molecule has 1 heterocycles. The molecule has 3 N–H and O–H groups in total. The summed E-state index contributed by atoms with van der Waals surface area (Å²) in [6.07, 6.45) is -4.14. The Bertz CT molecular complexity index is 239.